The molecule has 0 aromatic heterocycles. The first kappa shape index (κ1) is 20.7. The normalized spacial score (nSPS) is 10.7. The Balaban J connectivity index is 1.52. The number of carbonyl (C=O) groups is 2. The molecule has 0 fully saturated rings. The molecule has 0 aliphatic carbocycles. The quantitative estimate of drug-likeness (QED) is 0.432. The van der Waals surface area contributed by atoms with Crippen molar-refractivity contribution in [2.75, 3.05) is 13.2 Å². The number of azo groups is 1. The van der Waals surface area contributed by atoms with E-state index in [9.17, 15) is 14.7 Å². The lowest BCUT2D eigenvalue weighted by Crippen LogP contribution is -2.30. The fraction of sp³-hybridized carbons (Fsp3) is 0.130. The first-order valence-corrected chi connectivity index (χ1v) is 9.39. The second-order valence-corrected chi connectivity index (χ2v) is 6.40. The van der Waals surface area contributed by atoms with E-state index in [0.717, 1.165) is 5.56 Å². The largest absolute Gasteiger partial charge is 0.508 e. The SMILES string of the molecule is O=C(COC(=O)c1ccccc1N=Nc1ccc(O)cc1)NCCc1ccccc1. The minimum absolute atomic E-state index is 0.125. The number of esters is 1. The fourth-order valence-electron chi connectivity index (χ4n) is 2.62. The lowest BCUT2D eigenvalue weighted by molar-refractivity contribution is -0.124. The highest BCUT2D eigenvalue weighted by Crippen LogP contribution is 2.24. The first-order valence-electron chi connectivity index (χ1n) is 9.39. The van der Waals surface area contributed by atoms with Crippen molar-refractivity contribution in [3.63, 3.8) is 0 Å². The van der Waals surface area contributed by atoms with E-state index in [1.165, 1.54) is 12.1 Å². The van der Waals surface area contributed by atoms with Crippen LogP contribution in [0, 0.1) is 0 Å². The highest BCUT2D eigenvalue weighted by Gasteiger charge is 2.14. The maximum atomic E-state index is 12.4. The second-order valence-electron chi connectivity index (χ2n) is 6.40. The molecule has 0 unspecified atom stereocenters. The number of nitrogens with zero attached hydrogens (tertiary/aromatic N) is 2. The molecule has 3 aromatic carbocycles. The molecule has 0 radical (unpaired) electrons. The molecule has 0 heterocycles. The van der Waals surface area contributed by atoms with Crippen LogP contribution in [0.5, 0.6) is 5.75 Å². The molecule has 0 bridgehead atoms. The Hall–Kier alpha value is -4.00. The highest BCUT2D eigenvalue weighted by atomic mass is 16.5. The number of rotatable bonds is 8. The van der Waals surface area contributed by atoms with Gasteiger partial charge >= 0.3 is 5.97 Å². The van der Waals surface area contributed by atoms with Crippen molar-refractivity contribution in [3.05, 3.63) is 90.0 Å². The van der Waals surface area contributed by atoms with Gasteiger partial charge in [0.1, 0.15) is 11.4 Å². The number of nitrogens with one attached hydrogen (secondary N) is 1. The number of phenolic OH excluding ortho intramolecular Hbond substituents is 1. The summed E-state index contributed by atoms with van der Waals surface area (Å²) in [6.45, 7) is 0.0783. The maximum absolute atomic E-state index is 12.4. The zero-order valence-corrected chi connectivity index (χ0v) is 16.2. The van der Waals surface area contributed by atoms with Crippen LogP contribution < -0.4 is 5.32 Å². The Labute approximate surface area is 174 Å². The number of benzene rings is 3. The minimum Gasteiger partial charge on any atom is -0.508 e. The average Bonchev–Trinajstić information content (AvgIpc) is 2.78. The molecule has 0 aliphatic rings. The molecular weight excluding hydrogens is 382 g/mol. The standard InChI is InChI=1S/C23H21N3O4/c27-19-12-10-18(11-13-19)25-26-21-9-5-4-8-20(21)23(29)30-16-22(28)24-15-14-17-6-2-1-3-7-17/h1-13,27H,14-16H2,(H,24,28). The second kappa shape index (κ2) is 10.5. The van der Waals surface area contributed by atoms with Gasteiger partial charge in [-0.2, -0.15) is 5.11 Å². The molecule has 0 spiro atoms. The van der Waals surface area contributed by atoms with Crippen LogP contribution in [-0.4, -0.2) is 30.1 Å². The molecule has 0 saturated carbocycles. The fourth-order valence-corrected chi connectivity index (χ4v) is 2.62. The predicted molar refractivity (Wildman–Crippen MR) is 112 cm³/mol. The van der Waals surface area contributed by atoms with Crippen LogP contribution >= 0.6 is 0 Å². The molecule has 3 rings (SSSR count). The Morgan fingerprint density at radius 3 is 2.33 bits per heavy atom. The van der Waals surface area contributed by atoms with Crippen molar-refractivity contribution in [3.8, 4) is 5.75 Å². The topological polar surface area (TPSA) is 100 Å². The average molecular weight is 403 g/mol. The highest BCUT2D eigenvalue weighted by molar-refractivity contribution is 5.96. The molecule has 152 valence electrons. The van der Waals surface area contributed by atoms with Crippen LogP contribution in [0.15, 0.2) is 89.1 Å². The zero-order chi connectivity index (χ0) is 21.2. The van der Waals surface area contributed by atoms with Gasteiger partial charge in [0.25, 0.3) is 5.91 Å². The van der Waals surface area contributed by atoms with Crippen molar-refractivity contribution in [2.45, 2.75) is 6.42 Å². The summed E-state index contributed by atoms with van der Waals surface area (Å²) in [7, 11) is 0. The van der Waals surface area contributed by atoms with Gasteiger partial charge in [0, 0.05) is 6.54 Å². The Kier molecular flexibility index (Phi) is 7.27. The van der Waals surface area contributed by atoms with E-state index in [-0.39, 0.29) is 23.8 Å². The van der Waals surface area contributed by atoms with E-state index in [1.54, 1.807) is 36.4 Å². The van der Waals surface area contributed by atoms with Crippen LogP contribution in [0.1, 0.15) is 15.9 Å². The van der Waals surface area contributed by atoms with Gasteiger partial charge < -0.3 is 15.2 Å². The van der Waals surface area contributed by atoms with Crippen LogP contribution in [0.4, 0.5) is 11.4 Å². The Bertz CT molecular complexity index is 1020. The summed E-state index contributed by atoms with van der Waals surface area (Å²) in [6.07, 6.45) is 0.695. The van der Waals surface area contributed by atoms with Gasteiger partial charge in [0.05, 0.1) is 11.3 Å². The van der Waals surface area contributed by atoms with Gasteiger partial charge in [-0.1, -0.05) is 42.5 Å². The molecule has 2 N–H and O–H groups in total. The summed E-state index contributed by atoms with van der Waals surface area (Å²) in [5.41, 5.74) is 2.16. The summed E-state index contributed by atoms with van der Waals surface area (Å²) < 4.78 is 5.12. The Morgan fingerprint density at radius 1 is 0.867 bits per heavy atom. The van der Waals surface area contributed by atoms with E-state index >= 15 is 0 Å². The molecule has 7 nitrogen and oxygen atoms in total. The molecule has 3 aromatic rings. The number of phenols is 1. The van der Waals surface area contributed by atoms with Gasteiger partial charge in [-0.15, -0.1) is 5.11 Å². The van der Waals surface area contributed by atoms with Crippen molar-refractivity contribution in [1.82, 2.24) is 5.32 Å². The number of ether oxygens (including phenoxy) is 1. The van der Waals surface area contributed by atoms with E-state index < -0.39 is 5.97 Å². The van der Waals surface area contributed by atoms with Gasteiger partial charge in [0.2, 0.25) is 0 Å². The van der Waals surface area contributed by atoms with Gasteiger partial charge in [-0.3, -0.25) is 4.79 Å². The molecule has 7 heteroatoms. The van der Waals surface area contributed by atoms with Crippen LogP contribution in [0.2, 0.25) is 0 Å². The third-order valence-electron chi connectivity index (χ3n) is 4.16. The molecule has 0 atom stereocenters. The van der Waals surface area contributed by atoms with Crippen LogP contribution in [-0.2, 0) is 16.0 Å². The van der Waals surface area contributed by atoms with Crippen molar-refractivity contribution >= 4 is 23.3 Å². The third-order valence-corrected chi connectivity index (χ3v) is 4.16. The molecule has 30 heavy (non-hydrogen) atoms. The molecule has 0 saturated heterocycles. The number of hydrogen-bond acceptors (Lipinski definition) is 6. The van der Waals surface area contributed by atoms with E-state index in [0.29, 0.717) is 24.3 Å². The maximum Gasteiger partial charge on any atom is 0.340 e. The summed E-state index contributed by atoms with van der Waals surface area (Å²) in [6, 6.07) is 22.5. The number of amides is 1. The lowest BCUT2D eigenvalue weighted by Gasteiger charge is -2.08. The molecular formula is C23H21N3O4. The summed E-state index contributed by atoms with van der Waals surface area (Å²) in [4.78, 5) is 24.3. The first-order chi connectivity index (χ1) is 14.6. The third kappa shape index (κ3) is 6.27. The molecule has 1 amide bonds. The van der Waals surface area contributed by atoms with Gasteiger partial charge in [-0.05, 0) is 48.4 Å². The van der Waals surface area contributed by atoms with Gasteiger partial charge in [-0.25, -0.2) is 4.79 Å². The summed E-state index contributed by atoms with van der Waals surface area (Å²) in [5, 5.41) is 20.2. The van der Waals surface area contributed by atoms with Crippen LogP contribution in [0.3, 0.4) is 0 Å². The van der Waals surface area contributed by atoms with E-state index in [4.69, 9.17) is 4.74 Å². The molecule has 0 aliphatic heterocycles. The number of carbonyl (C=O) groups excluding carboxylic acids is 2. The van der Waals surface area contributed by atoms with Crippen molar-refractivity contribution in [1.29, 1.82) is 0 Å². The van der Waals surface area contributed by atoms with Crippen molar-refractivity contribution in [2.24, 2.45) is 10.2 Å². The monoisotopic (exact) mass is 403 g/mol. The lowest BCUT2D eigenvalue weighted by atomic mass is 10.1. The summed E-state index contributed by atoms with van der Waals surface area (Å²) >= 11 is 0. The number of aromatic hydroxyl groups is 1. The minimum atomic E-state index is -0.659. The van der Waals surface area contributed by atoms with E-state index in [2.05, 4.69) is 15.5 Å². The van der Waals surface area contributed by atoms with E-state index in [1.807, 2.05) is 30.3 Å². The number of hydrogen-bond donors (Lipinski definition) is 2. The predicted octanol–water partition coefficient (Wildman–Crippen LogP) is 4.32. The smallest absolute Gasteiger partial charge is 0.340 e. The zero-order valence-electron chi connectivity index (χ0n) is 16.2. The van der Waals surface area contributed by atoms with Crippen molar-refractivity contribution < 1.29 is 19.4 Å². The Morgan fingerprint density at radius 2 is 1.57 bits per heavy atom. The van der Waals surface area contributed by atoms with Crippen LogP contribution in [0.25, 0.3) is 0 Å². The van der Waals surface area contributed by atoms with Gasteiger partial charge in [0.15, 0.2) is 6.61 Å². The summed E-state index contributed by atoms with van der Waals surface area (Å²) in [5.74, 6) is -0.907.